The average molecular weight is 196 g/mol. The van der Waals surface area contributed by atoms with Crippen molar-refractivity contribution in [2.45, 2.75) is 26.2 Å². The minimum absolute atomic E-state index is 0. The van der Waals surface area contributed by atoms with Crippen LogP contribution in [0.4, 0.5) is 0 Å². The summed E-state index contributed by atoms with van der Waals surface area (Å²) in [5.74, 6) is 0. The SMILES string of the molecule is C[Si]1(C)O[Si](C)(C)O1.[Ti]. The number of rotatable bonds is 0. The zero-order valence-electron chi connectivity index (χ0n) is 6.32. The Morgan fingerprint density at radius 3 is 1.00 bits per heavy atom. The Hall–Kier alpha value is 1.07. The third-order valence-corrected chi connectivity index (χ3v) is 8.85. The summed E-state index contributed by atoms with van der Waals surface area (Å²) in [5, 5.41) is 0. The van der Waals surface area contributed by atoms with Crippen molar-refractivity contribution >= 4 is 17.1 Å². The molecule has 0 aromatic rings. The maximum atomic E-state index is 5.57. The fourth-order valence-corrected chi connectivity index (χ4v) is 10.7. The van der Waals surface area contributed by atoms with Gasteiger partial charge in [-0.25, -0.2) is 0 Å². The Labute approximate surface area is 73.3 Å². The predicted octanol–water partition coefficient (Wildman–Crippen LogP) is 1.43. The zero-order chi connectivity index (χ0) is 6.41. The normalized spacial score (nSPS) is 28.0. The molecule has 0 N–H and O–H groups in total. The van der Waals surface area contributed by atoms with E-state index in [9.17, 15) is 0 Å². The molecule has 0 aromatic heterocycles. The summed E-state index contributed by atoms with van der Waals surface area (Å²) < 4.78 is 11.1. The van der Waals surface area contributed by atoms with E-state index >= 15 is 0 Å². The van der Waals surface area contributed by atoms with E-state index < -0.39 is 17.1 Å². The molecule has 52 valence electrons. The van der Waals surface area contributed by atoms with Gasteiger partial charge in [0, 0.05) is 21.7 Å². The van der Waals surface area contributed by atoms with Gasteiger partial charge in [0.2, 0.25) is 0 Å². The minimum Gasteiger partial charge on any atom is -0.416 e. The standard InChI is InChI=1S/C4H12O2Si2.Ti/c1-7(2)5-8(3,4)6-7;/h1-4H3;. The first-order valence-electron chi connectivity index (χ1n) is 2.82. The van der Waals surface area contributed by atoms with Crippen molar-refractivity contribution in [3.63, 3.8) is 0 Å². The second kappa shape index (κ2) is 2.60. The van der Waals surface area contributed by atoms with Gasteiger partial charge >= 0.3 is 17.1 Å². The predicted molar refractivity (Wildman–Crippen MR) is 37.1 cm³/mol. The number of hydrogen-bond donors (Lipinski definition) is 0. The molecule has 1 aliphatic rings. The van der Waals surface area contributed by atoms with E-state index in [0.717, 1.165) is 0 Å². The van der Waals surface area contributed by atoms with Crippen LogP contribution in [0.3, 0.4) is 0 Å². The van der Waals surface area contributed by atoms with Gasteiger partial charge in [-0.05, 0) is 26.2 Å². The second-order valence-corrected chi connectivity index (χ2v) is 10.2. The van der Waals surface area contributed by atoms with Crippen LogP contribution in [0.5, 0.6) is 0 Å². The quantitative estimate of drug-likeness (QED) is 0.546. The van der Waals surface area contributed by atoms with Gasteiger partial charge in [0.15, 0.2) is 0 Å². The third kappa shape index (κ3) is 2.65. The van der Waals surface area contributed by atoms with Crippen LogP contribution in [0.2, 0.25) is 26.2 Å². The molecule has 0 bridgehead atoms. The molecule has 0 amide bonds. The Morgan fingerprint density at radius 2 is 1.00 bits per heavy atom. The smallest absolute Gasteiger partial charge is 0.314 e. The Bertz CT molecular complexity index is 93.1. The molecule has 5 heteroatoms. The van der Waals surface area contributed by atoms with E-state index in [-0.39, 0.29) is 21.7 Å². The minimum atomic E-state index is -1.52. The molecule has 1 heterocycles. The van der Waals surface area contributed by atoms with Gasteiger partial charge in [-0.2, -0.15) is 0 Å². The molecular formula is C4H12O2Si2Ti. The van der Waals surface area contributed by atoms with E-state index in [2.05, 4.69) is 26.2 Å². The first-order chi connectivity index (χ1) is 3.41. The first kappa shape index (κ1) is 10.1. The zero-order valence-corrected chi connectivity index (χ0v) is 9.88. The Balaban J connectivity index is 0.000000640. The summed E-state index contributed by atoms with van der Waals surface area (Å²) in [7, 11) is -3.05. The molecule has 2 nitrogen and oxygen atoms in total. The molecule has 0 aromatic carbocycles. The van der Waals surface area contributed by atoms with Gasteiger partial charge in [0.05, 0.1) is 0 Å². The van der Waals surface area contributed by atoms with Gasteiger partial charge in [0.1, 0.15) is 0 Å². The van der Waals surface area contributed by atoms with Gasteiger partial charge in [-0.15, -0.1) is 0 Å². The molecule has 0 spiro atoms. The summed E-state index contributed by atoms with van der Waals surface area (Å²) in [4.78, 5) is 0. The molecule has 0 atom stereocenters. The maximum absolute atomic E-state index is 5.57. The fraction of sp³-hybridized carbons (Fsp3) is 1.00. The topological polar surface area (TPSA) is 18.5 Å². The molecule has 1 rings (SSSR count). The van der Waals surface area contributed by atoms with Crippen molar-refractivity contribution in [3.8, 4) is 0 Å². The van der Waals surface area contributed by atoms with E-state index in [1.54, 1.807) is 0 Å². The molecule has 0 unspecified atom stereocenters. The van der Waals surface area contributed by atoms with Crippen molar-refractivity contribution in [2.24, 2.45) is 0 Å². The van der Waals surface area contributed by atoms with Crippen LogP contribution in [-0.2, 0) is 29.9 Å². The van der Waals surface area contributed by atoms with Crippen LogP contribution >= 0.6 is 0 Å². The summed E-state index contributed by atoms with van der Waals surface area (Å²) in [6.45, 7) is 8.30. The monoisotopic (exact) mass is 196 g/mol. The van der Waals surface area contributed by atoms with Crippen LogP contribution in [-0.4, -0.2) is 17.1 Å². The second-order valence-electron chi connectivity index (χ2n) is 3.00. The van der Waals surface area contributed by atoms with Crippen molar-refractivity contribution in [2.75, 3.05) is 0 Å². The van der Waals surface area contributed by atoms with Crippen LogP contribution in [0, 0.1) is 0 Å². The molecule has 0 radical (unpaired) electrons. The molecule has 1 saturated heterocycles. The van der Waals surface area contributed by atoms with Crippen LogP contribution < -0.4 is 0 Å². The van der Waals surface area contributed by atoms with Crippen LogP contribution in [0.15, 0.2) is 0 Å². The molecular weight excluding hydrogens is 184 g/mol. The molecule has 0 saturated carbocycles. The van der Waals surface area contributed by atoms with E-state index in [4.69, 9.17) is 8.23 Å². The van der Waals surface area contributed by atoms with Crippen molar-refractivity contribution in [1.82, 2.24) is 0 Å². The average Bonchev–Trinajstić information content (AvgIpc) is 1.20. The summed E-state index contributed by atoms with van der Waals surface area (Å²) in [6.07, 6.45) is 0. The summed E-state index contributed by atoms with van der Waals surface area (Å²) >= 11 is 0. The van der Waals surface area contributed by atoms with Crippen molar-refractivity contribution in [1.29, 1.82) is 0 Å². The van der Waals surface area contributed by atoms with Gasteiger partial charge in [-0.3, -0.25) is 0 Å². The van der Waals surface area contributed by atoms with Crippen LogP contribution in [0.25, 0.3) is 0 Å². The van der Waals surface area contributed by atoms with Gasteiger partial charge in [-0.1, -0.05) is 0 Å². The van der Waals surface area contributed by atoms with E-state index in [1.807, 2.05) is 0 Å². The van der Waals surface area contributed by atoms with Gasteiger partial charge < -0.3 is 8.23 Å². The van der Waals surface area contributed by atoms with Crippen molar-refractivity contribution < 1.29 is 29.9 Å². The Kier molecular flexibility index (Phi) is 2.91. The first-order valence-corrected chi connectivity index (χ1v) is 8.45. The summed E-state index contributed by atoms with van der Waals surface area (Å²) in [6, 6.07) is 0. The summed E-state index contributed by atoms with van der Waals surface area (Å²) in [5.41, 5.74) is 0. The third-order valence-electron chi connectivity index (χ3n) is 0.983. The number of hydrogen-bond acceptors (Lipinski definition) is 2. The molecule has 9 heavy (non-hydrogen) atoms. The maximum Gasteiger partial charge on any atom is 0.314 e. The molecule has 1 fully saturated rings. The van der Waals surface area contributed by atoms with Crippen LogP contribution in [0.1, 0.15) is 0 Å². The fourth-order valence-electron chi connectivity index (χ4n) is 1.19. The van der Waals surface area contributed by atoms with Crippen molar-refractivity contribution in [3.05, 3.63) is 0 Å². The van der Waals surface area contributed by atoms with E-state index in [0.29, 0.717) is 0 Å². The Morgan fingerprint density at radius 1 is 0.778 bits per heavy atom. The molecule has 1 aliphatic heterocycles. The van der Waals surface area contributed by atoms with E-state index in [1.165, 1.54) is 0 Å². The molecule has 0 aliphatic carbocycles. The van der Waals surface area contributed by atoms with Gasteiger partial charge in [0.25, 0.3) is 0 Å². The largest absolute Gasteiger partial charge is 0.416 e.